The van der Waals surface area contributed by atoms with Crippen LogP contribution in [0.15, 0.2) is 48.8 Å². The molecule has 0 fully saturated rings. The Labute approximate surface area is 156 Å². The fraction of sp³-hybridized carbons (Fsp3) is 0.263. The molecule has 0 saturated heterocycles. The minimum atomic E-state index is -5.00. The van der Waals surface area contributed by atoms with Gasteiger partial charge in [-0.05, 0) is 31.2 Å². The molecule has 2 N–H and O–H groups in total. The molecule has 2 aromatic heterocycles. The van der Waals surface area contributed by atoms with Crippen LogP contribution in [0.25, 0.3) is 11.0 Å². The summed E-state index contributed by atoms with van der Waals surface area (Å²) < 4.78 is 65.0. The number of ketones is 1. The van der Waals surface area contributed by atoms with Gasteiger partial charge in [0, 0.05) is 34.6 Å². The van der Waals surface area contributed by atoms with E-state index >= 15 is 0 Å². The summed E-state index contributed by atoms with van der Waals surface area (Å²) in [7, 11) is 0. The smallest absolute Gasteiger partial charge is 0.375 e. The van der Waals surface area contributed by atoms with E-state index in [1.807, 2.05) is 0 Å². The Morgan fingerprint density at radius 2 is 1.93 bits per heavy atom. The number of nitrogens with zero attached hydrogens (tertiary/aromatic N) is 1. The Bertz CT molecular complexity index is 996. The molecule has 28 heavy (non-hydrogen) atoms. The van der Waals surface area contributed by atoms with Crippen LogP contribution in [0.4, 0.5) is 27.6 Å². The maximum atomic E-state index is 13.9. The summed E-state index contributed by atoms with van der Waals surface area (Å²) >= 11 is 0. The molecular formula is C19H16F5N3O. The summed E-state index contributed by atoms with van der Waals surface area (Å²) in [6, 6.07) is 7.07. The van der Waals surface area contributed by atoms with Crippen molar-refractivity contribution in [2.75, 3.05) is 5.32 Å². The standard InChI is InChI=1S/C19H16F5N3O/c1-11(16(28)15-9-26-17-14(15)6-3-7-25-17)27-13-5-2-4-12(8-13)18(20,21)10-19(22,23)24/h2-9,11,27H,10H2,1H3,(H,25,26). The largest absolute Gasteiger partial charge is 0.395 e. The number of benzene rings is 1. The number of alkyl halides is 5. The third-order valence-electron chi connectivity index (χ3n) is 4.20. The van der Waals surface area contributed by atoms with Crippen molar-refractivity contribution in [3.05, 3.63) is 59.9 Å². The van der Waals surface area contributed by atoms with Gasteiger partial charge in [0.15, 0.2) is 5.78 Å². The van der Waals surface area contributed by atoms with Gasteiger partial charge in [0.2, 0.25) is 0 Å². The van der Waals surface area contributed by atoms with Crippen molar-refractivity contribution in [2.45, 2.75) is 31.5 Å². The number of hydrogen-bond donors (Lipinski definition) is 2. The molecule has 0 radical (unpaired) electrons. The SMILES string of the molecule is CC(Nc1cccc(C(F)(F)CC(F)(F)F)c1)C(=O)c1c[nH]c2ncccc12. The predicted octanol–water partition coefficient (Wildman–Crippen LogP) is 5.29. The lowest BCUT2D eigenvalue weighted by molar-refractivity contribution is -0.190. The number of carbonyl (C=O) groups excluding carboxylic acids is 1. The fourth-order valence-corrected chi connectivity index (χ4v) is 2.90. The number of anilines is 1. The van der Waals surface area contributed by atoms with Crippen LogP contribution < -0.4 is 5.32 Å². The van der Waals surface area contributed by atoms with Crippen LogP contribution in [0.2, 0.25) is 0 Å². The molecule has 4 nitrogen and oxygen atoms in total. The second-order valence-electron chi connectivity index (χ2n) is 6.41. The number of fused-ring (bicyclic) bond motifs is 1. The van der Waals surface area contributed by atoms with Gasteiger partial charge >= 0.3 is 6.18 Å². The lowest BCUT2D eigenvalue weighted by atomic mass is 10.0. The average molecular weight is 397 g/mol. The first-order valence-electron chi connectivity index (χ1n) is 8.35. The minimum absolute atomic E-state index is 0.123. The second-order valence-corrected chi connectivity index (χ2v) is 6.41. The van der Waals surface area contributed by atoms with Crippen molar-refractivity contribution >= 4 is 22.5 Å². The number of Topliss-reactive ketones (excluding diaryl/α,β-unsaturated/α-hetero) is 1. The lowest BCUT2D eigenvalue weighted by Gasteiger charge is -2.20. The summed E-state index contributed by atoms with van der Waals surface area (Å²) in [5.74, 6) is -4.38. The molecule has 0 spiro atoms. The first-order valence-corrected chi connectivity index (χ1v) is 8.35. The highest BCUT2D eigenvalue weighted by Gasteiger charge is 2.44. The zero-order chi connectivity index (χ0) is 20.5. The highest BCUT2D eigenvalue weighted by Crippen LogP contribution is 2.39. The molecule has 1 aromatic carbocycles. The van der Waals surface area contributed by atoms with Crippen molar-refractivity contribution < 1.29 is 26.7 Å². The van der Waals surface area contributed by atoms with Gasteiger partial charge < -0.3 is 10.3 Å². The van der Waals surface area contributed by atoms with Gasteiger partial charge in [0.1, 0.15) is 12.1 Å². The van der Waals surface area contributed by atoms with Gasteiger partial charge in [-0.3, -0.25) is 4.79 Å². The number of nitrogens with one attached hydrogen (secondary N) is 2. The van der Waals surface area contributed by atoms with Crippen LogP contribution >= 0.6 is 0 Å². The quantitative estimate of drug-likeness (QED) is 0.439. The molecule has 0 aliphatic heterocycles. The Morgan fingerprint density at radius 3 is 2.64 bits per heavy atom. The van der Waals surface area contributed by atoms with Gasteiger partial charge in [-0.2, -0.15) is 13.2 Å². The molecular weight excluding hydrogens is 381 g/mol. The number of halogens is 5. The normalized spacial score (nSPS) is 13.5. The number of hydrogen-bond acceptors (Lipinski definition) is 3. The third-order valence-corrected chi connectivity index (χ3v) is 4.20. The van der Waals surface area contributed by atoms with Crippen molar-refractivity contribution in [1.29, 1.82) is 0 Å². The first-order chi connectivity index (χ1) is 13.1. The molecule has 0 bridgehead atoms. The molecule has 148 valence electrons. The summed E-state index contributed by atoms with van der Waals surface area (Å²) in [6.07, 6.45) is -4.17. The number of aromatic amines is 1. The summed E-state index contributed by atoms with van der Waals surface area (Å²) in [4.78, 5) is 19.7. The van der Waals surface area contributed by atoms with Crippen LogP contribution in [-0.2, 0) is 5.92 Å². The average Bonchev–Trinajstić information content (AvgIpc) is 3.03. The van der Waals surface area contributed by atoms with Crippen LogP contribution in [0, 0.1) is 0 Å². The number of pyridine rings is 1. The molecule has 2 heterocycles. The van der Waals surface area contributed by atoms with E-state index in [1.54, 1.807) is 18.3 Å². The van der Waals surface area contributed by atoms with Crippen molar-refractivity contribution in [3.63, 3.8) is 0 Å². The van der Waals surface area contributed by atoms with Crippen LogP contribution in [-0.4, -0.2) is 28.0 Å². The minimum Gasteiger partial charge on any atom is -0.375 e. The van der Waals surface area contributed by atoms with E-state index in [2.05, 4.69) is 15.3 Å². The van der Waals surface area contributed by atoms with Gasteiger partial charge in [0.25, 0.3) is 5.92 Å². The molecule has 0 aliphatic carbocycles. The maximum Gasteiger partial charge on any atom is 0.395 e. The first kappa shape index (κ1) is 19.8. The van der Waals surface area contributed by atoms with E-state index in [0.717, 1.165) is 12.1 Å². The predicted molar refractivity (Wildman–Crippen MR) is 94.5 cm³/mol. The van der Waals surface area contributed by atoms with E-state index in [-0.39, 0.29) is 11.5 Å². The molecule has 3 aromatic rings. The molecule has 0 aliphatic rings. The Kier molecular flexibility index (Phi) is 5.10. The summed E-state index contributed by atoms with van der Waals surface area (Å²) in [6.45, 7) is 1.54. The summed E-state index contributed by atoms with van der Waals surface area (Å²) in [5, 5.41) is 3.39. The summed E-state index contributed by atoms with van der Waals surface area (Å²) in [5.41, 5.74) is 0.262. The van der Waals surface area contributed by atoms with Crippen molar-refractivity contribution in [3.8, 4) is 0 Å². The van der Waals surface area contributed by atoms with E-state index in [0.29, 0.717) is 16.6 Å². The second kappa shape index (κ2) is 7.21. The highest BCUT2D eigenvalue weighted by atomic mass is 19.4. The molecule has 9 heteroatoms. The van der Waals surface area contributed by atoms with E-state index < -0.39 is 30.1 Å². The molecule has 0 saturated carbocycles. The molecule has 1 unspecified atom stereocenters. The molecule has 1 atom stereocenters. The Balaban J connectivity index is 1.79. The highest BCUT2D eigenvalue weighted by molar-refractivity contribution is 6.10. The van der Waals surface area contributed by atoms with E-state index in [9.17, 15) is 26.7 Å². The zero-order valence-electron chi connectivity index (χ0n) is 14.6. The van der Waals surface area contributed by atoms with Gasteiger partial charge in [-0.25, -0.2) is 13.8 Å². The van der Waals surface area contributed by atoms with Crippen LogP contribution in [0.1, 0.15) is 29.3 Å². The van der Waals surface area contributed by atoms with Gasteiger partial charge in [0.05, 0.1) is 6.04 Å². The fourth-order valence-electron chi connectivity index (χ4n) is 2.90. The van der Waals surface area contributed by atoms with Gasteiger partial charge in [-0.1, -0.05) is 12.1 Å². The van der Waals surface area contributed by atoms with Crippen molar-refractivity contribution in [1.82, 2.24) is 9.97 Å². The maximum absolute atomic E-state index is 13.9. The number of aromatic nitrogens is 2. The van der Waals surface area contributed by atoms with E-state index in [4.69, 9.17) is 0 Å². The van der Waals surface area contributed by atoms with Gasteiger partial charge in [-0.15, -0.1) is 0 Å². The third kappa shape index (κ3) is 4.29. The monoisotopic (exact) mass is 397 g/mol. The Hall–Kier alpha value is -2.97. The van der Waals surface area contributed by atoms with Crippen LogP contribution in [0.3, 0.4) is 0 Å². The number of H-pyrrole nitrogens is 1. The van der Waals surface area contributed by atoms with E-state index in [1.165, 1.54) is 25.3 Å². The molecule has 0 amide bonds. The lowest BCUT2D eigenvalue weighted by Crippen LogP contribution is -2.27. The molecule has 3 rings (SSSR count). The van der Waals surface area contributed by atoms with Crippen LogP contribution in [0.5, 0.6) is 0 Å². The Morgan fingerprint density at radius 1 is 1.18 bits per heavy atom. The number of rotatable bonds is 6. The number of carbonyl (C=O) groups is 1. The van der Waals surface area contributed by atoms with Crippen molar-refractivity contribution in [2.24, 2.45) is 0 Å². The zero-order valence-corrected chi connectivity index (χ0v) is 14.6. The topological polar surface area (TPSA) is 57.8 Å².